The van der Waals surface area contributed by atoms with E-state index in [-0.39, 0.29) is 11.4 Å². The second kappa shape index (κ2) is 3.27. The lowest BCUT2D eigenvalue weighted by atomic mass is 9.88. The lowest BCUT2D eigenvalue weighted by Crippen LogP contribution is -2.54. The van der Waals surface area contributed by atoms with Crippen LogP contribution in [-0.4, -0.2) is 42.6 Å². The molecule has 2 aliphatic heterocycles. The Morgan fingerprint density at radius 1 is 1.46 bits per heavy atom. The van der Waals surface area contributed by atoms with Gasteiger partial charge in [0, 0.05) is 13.1 Å². The van der Waals surface area contributed by atoms with Gasteiger partial charge in [-0.15, -0.1) is 0 Å². The highest BCUT2D eigenvalue weighted by molar-refractivity contribution is 5.88. The van der Waals surface area contributed by atoms with Crippen molar-refractivity contribution in [1.82, 2.24) is 15.5 Å². The Kier molecular flexibility index (Phi) is 2.26. The second-order valence-corrected chi connectivity index (χ2v) is 3.88. The molecule has 0 aromatic heterocycles. The van der Waals surface area contributed by atoms with Gasteiger partial charge in [0.25, 0.3) is 0 Å². The van der Waals surface area contributed by atoms with Crippen LogP contribution in [0.25, 0.3) is 0 Å². The zero-order valence-corrected chi connectivity index (χ0v) is 8.10. The molecule has 0 saturated carbocycles. The molecule has 0 aliphatic carbocycles. The minimum Gasteiger partial charge on any atom is -0.342 e. The van der Waals surface area contributed by atoms with Crippen molar-refractivity contribution in [1.29, 1.82) is 0 Å². The Morgan fingerprint density at radius 3 is 2.62 bits per heavy atom. The molecule has 4 heteroatoms. The van der Waals surface area contributed by atoms with E-state index in [0.29, 0.717) is 6.67 Å². The smallest absolute Gasteiger partial charge is 0.241 e. The van der Waals surface area contributed by atoms with Crippen LogP contribution >= 0.6 is 0 Å². The van der Waals surface area contributed by atoms with Gasteiger partial charge in [-0.1, -0.05) is 6.92 Å². The number of likely N-dealkylation sites (tertiary alicyclic amines) is 1. The predicted octanol–water partition coefficient (Wildman–Crippen LogP) is -0.482. The van der Waals surface area contributed by atoms with Crippen LogP contribution in [0.3, 0.4) is 0 Å². The molecule has 0 bridgehead atoms. The Labute approximate surface area is 78.7 Å². The van der Waals surface area contributed by atoms with Crippen LogP contribution in [0.4, 0.5) is 0 Å². The van der Waals surface area contributed by atoms with E-state index in [9.17, 15) is 4.79 Å². The third kappa shape index (κ3) is 1.44. The largest absolute Gasteiger partial charge is 0.342 e. The number of nitrogens with zero attached hydrogens (tertiary/aromatic N) is 1. The molecule has 0 atom stereocenters. The van der Waals surface area contributed by atoms with Crippen LogP contribution in [0.15, 0.2) is 0 Å². The fourth-order valence-corrected chi connectivity index (χ4v) is 2.20. The summed E-state index contributed by atoms with van der Waals surface area (Å²) in [6, 6.07) is 0. The van der Waals surface area contributed by atoms with E-state index in [2.05, 4.69) is 22.5 Å². The maximum absolute atomic E-state index is 11.6. The van der Waals surface area contributed by atoms with Gasteiger partial charge in [-0.3, -0.25) is 10.1 Å². The second-order valence-electron chi connectivity index (χ2n) is 3.88. The molecule has 1 amide bonds. The van der Waals surface area contributed by atoms with Crippen LogP contribution in [0.2, 0.25) is 0 Å². The SMILES string of the molecule is CCN1CCC2(CC1)NCNC2=O. The molecule has 13 heavy (non-hydrogen) atoms. The van der Waals surface area contributed by atoms with Crippen molar-refractivity contribution in [2.75, 3.05) is 26.3 Å². The molecule has 2 aliphatic rings. The number of hydrogen-bond acceptors (Lipinski definition) is 3. The normalized spacial score (nSPS) is 27.9. The predicted molar refractivity (Wildman–Crippen MR) is 50.2 cm³/mol. The number of carbonyl (C=O) groups is 1. The van der Waals surface area contributed by atoms with Crippen LogP contribution in [0.5, 0.6) is 0 Å². The van der Waals surface area contributed by atoms with Gasteiger partial charge in [0.15, 0.2) is 0 Å². The van der Waals surface area contributed by atoms with Crippen LogP contribution in [0.1, 0.15) is 19.8 Å². The van der Waals surface area contributed by atoms with Gasteiger partial charge in [-0.2, -0.15) is 0 Å². The van der Waals surface area contributed by atoms with Gasteiger partial charge in [-0.05, 0) is 19.4 Å². The zero-order chi connectivity index (χ0) is 9.31. The van der Waals surface area contributed by atoms with E-state index in [0.717, 1.165) is 32.5 Å². The first-order valence-electron chi connectivity index (χ1n) is 5.02. The highest BCUT2D eigenvalue weighted by atomic mass is 16.2. The van der Waals surface area contributed by atoms with Crippen LogP contribution in [-0.2, 0) is 4.79 Å². The molecule has 2 N–H and O–H groups in total. The summed E-state index contributed by atoms with van der Waals surface area (Å²) >= 11 is 0. The number of carbonyl (C=O) groups excluding carboxylic acids is 1. The van der Waals surface area contributed by atoms with E-state index < -0.39 is 0 Å². The number of piperidine rings is 1. The van der Waals surface area contributed by atoms with Gasteiger partial charge in [-0.25, -0.2) is 0 Å². The molecule has 2 saturated heterocycles. The van der Waals surface area contributed by atoms with Crippen molar-refractivity contribution in [3.63, 3.8) is 0 Å². The Hall–Kier alpha value is -0.610. The molecule has 0 radical (unpaired) electrons. The van der Waals surface area contributed by atoms with Crippen molar-refractivity contribution in [3.05, 3.63) is 0 Å². The highest BCUT2D eigenvalue weighted by Gasteiger charge is 2.43. The van der Waals surface area contributed by atoms with Gasteiger partial charge in [0.1, 0.15) is 5.54 Å². The van der Waals surface area contributed by atoms with Crippen LogP contribution < -0.4 is 10.6 Å². The first-order valence-corrected chi connectivity index (χ1v) is 5.02. The number of rotatable bonds is 1. The maximum atomic E-state index is 11.6. The molecule has 2 fully saturated rings. The molecule has 1 spiro atoms. The Morgan fingerprint density at radius 2 is 2.15 bits per heavy atom. The third-order valence-corrected chi connectivity index (χ3v) is 3.27. The lowest BCUT2D eigenvalue weighted by molar-refractivity contribution is -0.125. The lowest BCUT2D eigenvalue weighted by Gasteiger charge is -2.36. The molecule has 0 aromatic carbocycles. The molecule has 0 unspecified atom stereocenters. The summed E-state index contributed by atoms with van der Waals surface area (Å²) in [6.45, 7) is 5.98. The monoisotopic (exact) mass is 183 g/mol. The minimum atomic E-state index is -0.230. The minimum absolute atomic E-state index is 0.197. The van der Waals surface area contributed by atoms with Gasteiger partial charge >= 0.3 is 0 Å². The van der Waals surface area contributed by atoms with E-state index in [1.165, 1.54) is 0 Å². The quantitative estimate of drug-likeness (QED) is 0.577. The summed E-state index contributed by atoms with van der Waals surface area (Å²) in [5.74, 6) is 0.197. The number of hydrogen-bond donors (Lipinski definition) is 2. The van der Waals surface area contributed by atoms with Gasteiger partial charge < -0.3 is 10.2 Å². The van der Waals surface area contributed by atoms with Crippen LogP contribution in [0, 0.1) is 0 Å². The fourth-order valence-electron chi connectivity index (χ4n) is 2.20. The molecule has 74 valence electrons. The summed E-state index contributed by atoms with van der Waals surface area (Å²) in [5, 5.41) is 6.12. The molecular weight excluding hydrogens is 166 g/mol. The molecular formula is C9H17N3O. The molecule has 0 aromatic rings. The van der Waals surface area contributed by atoms with Crippen molar-refractivity contribution >= 4 is 5.91 Å². The van der Waals surface area contributed by atoms with E-state index in [4.69, 9.17) is 0 Å². The van der Waals surface area contributed by atoms with Crippen molar-refractivity contribution in [3.8, 4) is 0 Å². The molecule has 2 rings (SSSR count). The topological polar surface area (TPSA) is 44.4 Å². The van der Waals surface area contributed by atoms with E-state index in [1.54, 1.807) is 0 Å². The maximum Gasteiger partial charge on any atom is 0.241 e. The summed E-state index contributed by atoms with van der Waals surface area (Å²) < 4.78 is 0. The van der Waals surface area contributed by atoms with E-state index in [1.807, 2.05) is 0 Å². The Balaban J connectivity index is 1.99. The third-order valence-electron chi connectivity index (χ3n) is 3.27. The van der Waals surface area contributed by atoms with E-state index >= 15 is 0 Å². The highest BCUT2D eigenvalue weighted by Crippen LogP contribution is 2.24. The zero-order valence-electron chi connectivity index (χ0n) is 8.10. The van der Waals surface area contributed by atoms with Gasteiger partial charge in [0.2, 0.25) is 5.91 Å². The summed E-state index contributed by atoms with van der Waals surface area (Å²) in [5.41, 5.74) is -0.230. The average molecular weight is 183 g/mol. The standard InChI is InChI=1S/C9H17N3O/c1-2-12-5-3-9(4-6-12)8(13)10-7-11-9/h11H,2-7H2,1H3,(H,10,13). The van der Waals surface area contributed by atoms with Crippen molar-refractivity contribution in [2.45, 2.75) is 25.3 Å². The average Bonchev–Trinajstić information content (AvgIpc) is 2.50. The number of amides is 1. The molecule has 4 nitrogen and oxygen atoms in total. The first-order chi connectivity index (χ1) is 6.27. The van der Waals surface area contributed by atoms with Crippen molar-refractivity contribution < 1.29 is 4.79 Å². The summed E-state index contributed by atoms with van der Waals surface area (Å²) in [6.07, 6.45) is 1.90. The summed E-state index contributed by atoms with van der Waals surface area (Å²) in [7, 11) is 0. The fraction of sp³-hybridized carbons (Fsp3) is 0.889. The number of nitrogens with one attached hydrogen (secondary N) is 2. The first kappa shape index (κ1) is 8.97. The van der Waals surface area contributed by atoms with Crippen molar-refractivity contribution in [2.24, 2.45) is 0 Å². The summed E-state index contributed by atoms with van der Waals surface area (Å²) in [4.78, 5) is 13.9. The Bertz CT molecular complexity index is 209. The molecule has 2 heterocycles. The van der Waals surface area contributed by atoms with Gasteiger partial charge in [0.05, 0.1) is 6.67 Å².